The molecule has 0 spiro atoms. The van der Waals surface area contributed by atoms with E-state index in [4.69, 9.17) is 0 Å². The van der Waals surface area contributed by atoms with E-state index in [1.165, 1.54) is 4.90 Å². The summed E-state index contributed by atoms with van der Waals surface area (Å²) >= 11 is 0. The van der Waals surface area contributed by atoms with Crippen LogP contribution in [0.2, 0.25) is 0 Å². The molecular formula is C11H12FNO3S. The number of rotatable bonds is 2. The summed E-state index contributed by atoms with van der Waals surface area (Å²) in [6, 6.07) is 7.12. The minimum Gasteiger partial charge on any atom is -0.311 e. The average molecular weight is 257 g/mol. The molecule has 92 valence electrons. The van der Waals surface area contributed by atoms with Gasteiger partial charge in [0.05, 0.1) is 0 Å². The summed E-state index contributed by atoms with van der Waals surface area (Å²) < 4.78 is 34.4. The van der Waals surface area contributed by atoms with E-state index in [1.54, 1.807) is 18.2 Å². The van der Waals surface area contributed by atoms with Crippen molar-refractivity contribution in [3.63, 3.8) is 0 Å². The van der Waals surface area contributed by atoms with Crippen LogP contribution in [0.15, 0.2) is 24.3 Å². The predicted molar refractivity (Wildman–Crippen MR) is 62.0 cm³/mol. The van der Waals surface area contributed by atoms with Crippen LogP contribution in [0, 0.1) is 6.92 Å². The topological polar surface area (TPSA) is 54.5 Å². The fourth-order valence-electron chi connectivity index (χ4n) is 1.91. The van der Waals surface area contributed by atoms with E-state index in [2.05, 4.69) is 0 Å². The lowest BCUT2D eigenvalue weighted by molar-refractivity contribution is -0.117. The SMILES string of the molecule is Cc1cccc(N2CC(S(=O)(=O)F)CC2=O)c1. The summed E-state index contributed by atoms with van der Waals surface area (Å²) in [6.07, 6.45) is -0.285. The van der Waals surface area contributed by atoms with Gasteiger partial charge in [0.2, 0.25) is 5.91 Å². The van der Waals surface area contributed by atoms with Gasteiger partial charge in [-0.25, -0.2) is 0 Å². The first kappa shape index (κ1) is 12.0. The second-order valence-corrected chi connectivity index (χ2v) is 5.76. The molecule has 0 radical (unpaired) electrons. The summed E-state index contributed by atoms with van der Waals surface area (Å²) in [5.74, 6) is -0.359. The van der Waals surface area contributed by atoms with E-state index < -0.39 is 15.5 Å². The first-order valence-electron chi connectivity index (χ1n) is 5.18. The van der Waals surface area contributed by atoms with E-state index in [0.717, 1.165) is 5.56 Å². The Morgan fingerprint density at radius 3 is 2.65 bits per heavy atom. The molecule has 1 amide bonds. The molecule has 1 heterocycles. The molecule has 0 saturated carbocycles. The maximum Gasteiger partial charge on any atom is 0.307 e. The number of hydrogen-bond donors (Lipinski definition) is 0. The molecule has 0 aliphatic carbocycles. The van der Waals surface area contributed by atoms with Crippen molar-refractivity contribution < 1.29 is 17.1 Å². The molecule has 1 aromatic carbocycles. The number of amides is 1. The van der Waals surface area contributed by atoms with Crippen molar-refractivity contribution in [1.82, 2.24) is 0 Å². The first-order valence-corrected chi connectivity index (χ1v) is 6.63. The molecule has 2 rings (SSSR count). The van der Waals surface area contributed by atoms with Gasteiger partial charge in [-0.2, -0.15) is 8.42 Å². The number of aryl methyl sites for hydroxylation is 1. The third-order valence-corrected chi connectivity index (χ3v) is 3.91. The minimum atomic E-state index is -4.65. The van der Waals surface area contributed by atoms with Gasteiger partial charge in [-0.1, -0.05) is 12.1 Å². The zero-order valence-electron chi connectivity index (χ0n) is 9.26. The van der Waals surface area contributed by atoms with Crippen molar-refractivity contribution in [2.75, 3.05) is 11.4 Å². The normalized spacial score (nSPS) is 20.9. The monoisotopic (exact) mass is 257 g/mol. The molecule has 1 unspecified atom stereocenters. The van der Waals surface area contributed by atoms with E-state index >= 15 is 0 Å². The number of benzene rings is 1. The highest BCUT2D eigenvalue weighted by atomic mass is 32.3. The Kier molecular flexibility index (Phi) is 2.91. The van der Waals surface area contributed by atoms with Crippen LogP contribution in [0.4, 0.5) is 9.57 Å². The molecule has 0 N–H and O–H groups in total. The summed E-state index contributed by atoms with van der Waals surface area (Å²) in [4.78, 5) is 13.0. The molecule has 0 aromatic heterocycles. The largest absolute Gasteiger partial charge is 0.311 e. The van der Waals surface area contributed by atoms with E-state index in [0.29, 0.717) is 5.69 Å². The number of carbonyl (C=O) groups is 1. The summed E-state index contributed by atoms with van der Waals surface area (Å²) in [5, 5.41) is -1.24. The predicted octanol–water partition coefficient (Wildman–Crippen LogP) is 1.40. The van der Waals surface area contributed by atoms with Crippen LogP contribution in [-0.2, 0) is 15.0 Å². The number of halogens is 1. The highest BCUT2D eigenvalue weighted by molar-refractivity contribution is 7.87. The zero-order chi connectivity index (χ0) is 12.6. The second-order valence-electron chi connectivity index (χ2n) is 4.15. The quantitative estimate of drug-likeness (QED) is 0.752. The fourth-order valence-corrected chi connectivity index (χ4v) is 2.58. The van der Waals surface area contributed by atoms with Crippen molar-refractivity contribution in [2.24, 2.45) is 0 Å². The van der Waals surface area contributed by atoms with Gasteiger partial charge in [0, 0.05) is 18.7 Å². The molecule has 1 aliphatic heterocycles. The van der Waals surface area contributed by atoms with Gasteiger partial charge in [0.25, 0.3) is 0 Å². The highest BCUT2D eigenvalue weighted by Gasteiger charge is 2.38. The molecule has 1 saturated heterocycles. The van der Waals surface area contributed by atoms with Crippen LogP contribution < -0.4 is 4.90 Å². The zero-order valence-corrected chi connectivity index (χ0v) is 10.1. The number of carbonyl (C=O) groups excluding carboxylic acids is 1. The number of hydrogen-bond acceptors (Lipinski definition) is 3. The van der Waals surface area contributed by atoms with Crippen LogP contribution in [0.5, 0.6) is 0 Å². The van der Waals surface area contributed by atoms with Crippen molar-refractivity contribution in [1.29, 1.82) is 0 Å². The van der Waals surface area contributed by atoms with Crippen LogP contribution in [-0.4, -0.2) is 26.1 Å². The lowest BCUT2D eigenvalue weighted by Gasteiger charge is -2.16. The van der Waals surface area contributed by atoms with Crippen molar-refractivity contribution in [2.45, 2.75) is 18.6 Å². The average Bonchev–Trinajstić information content (AvgIpc) is 2.60. The Labute approximate surface area is 99.3 Å². The van der Waals surface area contributed by atoms with Crippen molar-refractivity contribution in [3.8, 4) is 0 Å². The fraction of sp³-hybridized carbons (Fsp3) is 0.364. The van der Waals surface area contributed by atoms with E-state index in [9.17, 15) is 17.1 Å². The summed E-state index contributed by atoms with van der Waals surface area (Å²) in [5.41, 5.74) is 1.57. The highest BCUT2D eigenvalue weighted by Crippen LogP contribution is 2.26. The lowest BCUT2D eigenvalue weighted by atomic mass is 10.2. The second kappa shape index (κ2) is 4.10. The number of anilines is 1. The Balaban J connectivity index is 2.28. The maximum absolute atomic E-state index is 12.8. The van der Waals surface area contributed by atoms with Crippen molar-refractivity contribution >= 4 is 21.8 Å². The van der Waals surface area contributed by atoms with Gasteiger partial charge in [-0.05, 0) is 24.6 Å². The third kappa shape index (κ3) is 2.46. The van der Waals surface area contributed by atoms with Gasteiger partial charge in [0.1, 0.15) is 5.25 Å². The molecule has 1 aliphatic rings. The minimum absolute atomic E-state index is 0.110. The Morgan fingerprint density at radius 2 is 2.12 bits per heavy atom. The molecule has 1 atom stereocenters. The smallest absolute Gasteiger partial charge is 0.307 e. The van der Waals surface area contributed by atoms with Gasteiger partial charge < -0.3 is 4.90 Å². The number of nitrogens with zero attached hydrogens (tertiary/aromatic N) is 1. The molecular weight excluding hydrogens is 245 g/mol. The Morgan fingerprint density at radius 1 is 1.41 bits per heavy atom. The summed E-state index contributed by atoms with van der Waals surface area (Å²) in [7, 11) is -4.65. The summed E-state index contributed by atoms with van der Waals surface area (Å²) in [6.45, 7) is 1.76. The van der Waals surface area contributed by atoms with Gasteiger partial charge in [-0.15, -0.1) is 3.89 Å². The van der Waals surface area contributed by atoms with Crippen LogP contribution in [0.1, 0.15) is 12.0 Å². The molecule has 0 bridgehead atoms. The maximum atomic E-state index is 12.8. The molecule has 6 heteroatoms. The van der Waals surface area contributed by atoms with Crippen LogP contribution in [0.25, 0.3) is 0 Å². The van der Waals surface area contributed by atoms with Gasteiger partial charge >= 0.3 is 10.2 Å². The van der Waals surface area contributed by atoms with Crippen LogP contribution >= 0.6 is 0 Å². The van der Waals surface area contributed by atoms with E-state index in [-0.39, 0.29) is 18.9 Å². The molecule has 17 heavy (non-hydrogen) atoms. The van der Waals surface area contributed by atoms with Gasteiger partial charge in [-0.3, -0.25) is 4.79 Å². The van der Waals surface area contributed by atoms with Crippen LogP contribution in [0.3, 0.4) is 0 Å². The molecule has 4 nitrogen and oxygen atoms in total. The first-order chi connectivity index (χ1) is 7.88. The third-order valence-electron chi connectivity index (χ3n) is 2.80. The molecule has 1 aromatic rings. The van der Waals surface area contributed by atoms with E-state index in [1.807, 2.05) is 13.0 Å². The molecule has 1 fully saturated rings. The Hall–Kier alpha value is -1.43. The van der Waals surface area contributed by atoms with Crippen molar-refractivity contribution in [3.05, 3.63) is 29.8 Å². The lowest BCUT2D eigenvalue weighted by Crippen LogP contribution is -2.26. The van der Waals surface area contributed by atoms with Gasteiger partial charge in [0.15, 0.2) is 0 Å². The Bertz CT molecular complexity index is 556. The standard InChI is InChI=1S/C11H12FNO3S/c1-8-3-2-4-9(5-8)13-7-10(6-11(13)14)17(12,15)16/h2-5,10H,6-7H2,1H3.